The van der Waals surface area contributed by atoms with E-state index in [0.717, 1.165) is 71.0 Å². The van der Waals surface area contributed by atoms with Gasteiger partial charge in [-0.15, -0.1) is 0 Å². The highest BCUT2D eigenvalue weighted by atomic mass is 79.9. The first-order chi connectivity index (χ1) is 25.2. The van der Waals surface area contributed by atoms with Gasteiger partial charge in [-0.3, -0.25) is 4.98 Å². The fourth-order valence-corrected chi connectivity index (χ4v) is 8.11. The molecule has 51 heavy (non-hydrogen) atoms. The first-order valence-corrected chi connectivity index (χ1v) is 18.3. The highest BCUT2D eigenvalue weighted by molar-refractivity contribution is 9.11. The van der Waals surface area contributed by atoms with Crippen molar-refractivity contribution >= 4 is 93.9 Å². The summed E-state index contributed by atoms with van der Waals surface area (Å²) >= 11 is 8.44. The highest BCUT2D eigenvalue weighted by Crippen LogP contribution is 2.55. The minimum atomic E-state index is 0.906. The average Bonchev–Trinajstić information content (AvgIpc) is 3.20. The van der Waals surface area contributed by atoms with Crippen LogP contribution >= 0.6 is 31.9 Å². The van der Waals surface area contributed by atoms with E-state index < -0.39 is 0 Å². The summed E-state index contributed by atoms with van der Waals surface area (Å²) in [4.78, 5) is 11.8. The predicted molar refractivity (Wildman–Crippen MR) is 221 cm³/mol. The Balaban J connectivity index is 1.51. The molecular formula is C45H32Br2N4. The Labute approximate surface area is 315 Å². The fourth-order valence-electron chi connectivity index (χ4n) is 6.51. The summed E-state index contributed by atoms with van der Waals surface area (Å²) in [7, 11) is 0. The van der Waals surface area contributed by atoms with Crippen molar-refractivity contribution in [1.82, 2.24) is 4.98 Å². The van der Waals surface area contributed by atoms with Crippen molar-refractivity contribution in [3.63, 3.8) is 0 Å². The Morgan fingerprint density at radius 1 is 0.353 bits per heavy atom. The van der Waals surface area contributed by atoms with E-state index in [1.165, 1.54) is 0 Å². The lowest BCUT2D eigenvalue weighted by atomic mass is 10.1. The molecular weight excluding hydrogens is 756 g/mol. The molecule has 6 heteroatoms. The van der Waals surface area contributed by atoms with Crippen molar-refractivity contribution < 1.29 is 0 Å². The molecule has 4 nitrogen and oxygen atoms in total. The van der Waals surface area contributed by atoms with E-state index in [9.17, 15) is 0 Å². The third kappa shape index (κ3) is 6.40. The van der Waals surface area contributed by atoms with Crippen LogP contribution in [0.4, 0.5) is 51.2 Å². The third-order valence-electron chi connectivity index (χ3n) is 8.77. The number of hydrogen-bond acceptors (Lipinski definition) is 4. The SMILES string of the molecule is Brc1c(N(c2ccccc2)c2ccccc2)cc(N(c2ccccc2)c2cccc3cccnc23)c(Br)c1N(c1ccccc1)c1ccccc1. The van der Waals surface area contributed by atoms with E-state index in [-0.39, 0.29) is 0 Å². The molecule has 246 valence electrons. The van der Waals surface area contributed by atoms with Gasteiger partial charge < -0.3 is 14.7 Å². The molecule has 0 amide bonds. The summed E-state index contributed by atoms with van der Waals surface area (Å²) in [5.74, 6) is 0. The normalized spacial score (nSPS) is 10.9. The predicted octanol–water partition coefficient (Wildman–Crippen LogP) is 14.2. The van der Waals surface area contributed by atoms with Gasteiger partial charge in [-0.25, -0.2) is 0 Å². The fraction of sp³-hybridized carbons (Fsp3) is 0. The van der Waals surface area contributed by atoms with Crippen LogP contribution in [-0.4, -0.2) is 4.98 Å². The summed E-state index contributed by atoms with van der Waals surface area (Å²) < 4.78 is 1.83. The van der Waals surface area contributed by atoms with E-state index in [0.29, 0.717) is 0 Å². The molecule has 0 radical (unpaired) electrons. The number of benzene rings is 7. The molecule has 1 aromatic heterocycles. The number of fused-ring (bicyclic) bond motifs is 1. The molecule has 0 spiro atoms. The summed E-state index contributed by atoms with van der Waals surface area (Å²) in [6, 6.07) is 65.3. The van der Waals surface area contributed by atoms with Crippen molar-refractivity contribution in [3.8, 4) is 0 Å². The molecule has 0 saturated carbocycles. The second-order valence-corrected chi connectivity index (χ2v) is 13.5. The Kier molecular flexibility index (Phi) is 9.34. The Morgan fingerprint density at radius 2 is 0.745 bits per heavy atom. The molecule has 0 aliphatic rings. The second-order valence-electron chi connectivity index (χ2n) is 11.9. The molecule has 0 N–H and O–H groups in total. The van der Waals surface area contributed by atoms with Crippen molar-refractivity contribution in [1.29, 1.82) is 0 Å². The van der Waals surface area contributed by atoms with Gasteiger partial charge in [-0.1, -0.05) is 109 Å². The average molecular weight is 789 g/mol. The number of anilines is 9. The van der Waals surface area contributed by atoms with Gasteiger partial charge >= 0.3 is 0 Å². The van der Waals surface area contributed by atoms with Gasteiger partial charge in [0.2, 0.25) is 0 Å². The van der Waals surface area contributed by atoms with Crippen LogP contribution in [0, 0.1) is 0 Å². The number of aromatic nitrogens is 1. The molecule has 8 rings (SSSR count). The number of hydrogen-bond donors (Lipinski definition) is 0. The van der Waals surface area contributed by atoms with Gasteiger partial charge in [0.15, 0.2) is 0 Å². The van der Waals surface area contributed by atoms with Crippen LogP contribution in [0.3, 0.4) is 0 Å². The zero-order valence-corrected chi connectivity index (χ0v) is 30.7. The molecule has 0 fully saturated rings. The maximum Gasteiger partial charge on any atom is 0.0942 e. The van der Waals surface area contributed by atoms with Crippen molar-refractivity contribution in [3.05, 3.63) is 203 Å². The first kappa shape index (κ1) is 32.5. The number of nitrogens with zero attached hydrogens (tertiary/aromatic N) is 4. The van der Waals surface area contributed by atoms with Gasteiger partial charge in [0, 0.05) is 40.0 Å². The molecule has 0 atom stereocenters. The maximum absolute atomic E-state index is 4.92. The van der Waals surface area contributed by atoms with Crippen LogP contribution in [0.5, 0.6) is 0 Å². The third-order valence-corrected chi connectivity index (χ3v) is 10.3. The molecule has 8 aromatic rings. The summed E-state index contributed by atoms with van der Waals surface area (Å²) in [5.41, 5.74) is 9.87. The van der Waals surface area contributed by atoms with E-state index in [2.05, 4.69) is 229 Å². The van der Waals surface area contributed by atoms with E-state index in [1.54, 1.807) is 0 Å². The van der Waals surface area contributed by atoms with Gasteiger partial charge in [0.1, 0.15) is 0 Å². The van der Waals surface area contributed by atoms with E-state index >= 15 is 0 Å². The molecule has 0 aliphatic heterocycles. The molecule has 7 aromatic carbocycles. The van der Waals surface area contributed by atoms with Gasteiger partial charge in [0.05, 0.1) is 37.2 Å². The van der Waals surface area contributed by atoms with Crippen LogP contribution < -0.4 is 14.7 Å². The molecule has 0 bridgehead atoms. The van der Waals surface area contributed by atoms with Crippen LogP contribution in [0.25, 0.3) is 10.9 Å². The van der Waals surface area contributed by atoms with Gasteiger partial charge in [0.25, 0.3) is 0 Å². The summed E-state index contributed by atoms with van der Waals surface area (Å²) in [6.45, 7) is 0. The van der Waals surface area contributed by atoms with Crippen LogP contribution in [0.15, 0.2) is 203 Å². The molecule has 0 aliphatic carbocycles. The van der Waals surface area contributed by atoms with E-state index in [1.807, 2.05) is 12.3 Å². The number of para-hydroxylation sites is 6. The zero-order valence-electron chi connectivity index (χ0n) is 27.5. The van der Waals surface area contributed by atoms with Crippen LogP contribution in [0.2, 0.25) is 0 Å². The quantitative estimate of drug-likeness (QED) is 0.145. The van der Waals surface area contributed by atoms with Crippen molar-refractivity contribution in [2.24, 2.45) is 0 Å². The lowest BCUT2D eigenvalue weighted by Crippen LogP contribution is -2.18. The molecule has 0 saturated heterocycles. The number of pyridine rings is 1. The first-order valence-electron chi connectivity index (χ1n) is 16.7. The topological polar surface area (TPSA) is 22.6 Å². The Hall–Kier alpha value is -5.69. The standard InChI is InChI=1S/C45H32Br2N4/c46-42-40(49(34-20-6-1-7-21-34)35-22-8-2-9-23-35)32-41(43(47)45(42)50(36-24-10-3-11-25-36)37-26-12-4-13-27-37)51(38-28-14-5-15-29-38)39-30-16-18-33-19-17-31-48-44(33)39/h1-32H. The van der Waals surface area contributed by atoms with E-state index in [4.69, 9.17) is 4.98 Å². The van der Waals surface area contributed by atoms with Crippen molar-refractivity contribution in [2.45, 2.75) is 0 Å². The largest absolute Gasteiger partial charge is 0.309 e. The maximum atomic E-state index is 4.92. The minimum absolute atomic E-state index is 0.906. The monoisotopic (exact) mass is 786 g/mol. The van der Waals surface area contributed by atoms with Crippen LogP contribution in [-0.2, 0) is 0 Å². The van der Waals surface area contributed by atoms with Gasteiger partial charge in [-0.2, -0.15) is 0 Å². The number of rotatable bonds is 9. The Bertz CT molecular complexity index is 2310. The molecule has 1 heterocycles. The van der Waals surface area contributed by atoms with Gasteiger partial charge in [-0.05, 0) is 111 Å². The molecule has 0 unspecified atom stereocenters. The summed E-state index contributed by atoms with van der Waals surface area (Å²) in [6.07, 6.45) is 1.86. The lowest BCUT2D eigenvalue weighted by molar-refractivity contribution is 1.20. The second kappa shape index (κ2) is 14.7. The van der Waals surface area contributed by atoms with Crippen molar-refractivity contribution in [2.75, 3.05) is 14.7 Å². The zero-order chi connectivity index (χ0) is 34.6. The lowest BCUT2D eigenvalue weighted by Gasteiger charge is -2.35. The summed E-state index contributed by atoms with van der Waals surface area (Å²) in [5, 5.41) is 1.06. The highest BCUT2D eigenvalue weighted by Gasteiger charge is 2.30. The van der Waals surface area contributed by atoms with Crippen LogP contribution in [0.1, 0.15) is 0 Å². The number of halogens is 2. The smallest absolute Gasteiger partial charge is 0.0942 e. The Morgan fingerprint density at radius 3 is 1.22 bits per heavy atom. The minimum Gasteiger partial charge on any atom is -0.309 e.